The molecular weight excluding hydrogens is 476 g/mol. The van der Waals surface area contributed by atoms with Gasteiger partial charge in [0.1, 0.15) is 0 Å². The molecule has 0 aliphatic carbocycles. The zero-order chi connectivity index (χ0) is 25.3. The van der Waals surface area contributed by atoms with Gasteiger partial charge in [-0.15, -0.1) is 22.7 Å². The van der Waals surface area contributed by atoms with Crippen molar-refractivity contribution in [2.45, 2.75) is 111 Å². The second-order valence-electron chi connectivity index (χ2n) is 10.8. The monoisotopic (exact) mass is 520 g/mol. The van der Waals surface area contributed by atoms with Crippen molar-refractivity contribution in [2.24, 2.45) is 5.92 Å². The molecule has 4 rings (SSSR count). The summed E-state index contributed by atoms with van der Waals surface area (Å²) in [6, 6.07) is 13.5. The first-order valence-electron chi connectivity index (χ1n) is 14.5. The third-order valence-electron chi connectivity index (χ3n) is 7.84. The van der Waals surface area contributed by atoms with E-state index in [4.69, 9.17) is 0 Å². The number of thiophene rings is 2. The molecule has 0 aliphatic heterocycles. The Morgan fingerprint density at radius 3 is 2.11 bits per heavy atom. The van der Waals surface area contributed by atoms with Crippen molar-refractivity contribution in [2.75, 3.05) is 0 Å². The lowest BCUT2D eigenvalue weighted by Gasteiger charge is -2.07. The zero-order valence-electron chi connectivity index (χ0n) is 22.7. The highest BCUT2D eigenvalue weighted by Crippen LogP contribution is 2.44. The molecule has 194 valence electrons. The van der Waals surface area contributed by atoms with E-state index >= 15 is 0 Å². The van der Waals surface area contributed by atoms with Crippen molar-refractivity contribution in [3.8, 4) is 0 Å². The SMILES string of the molecule is CCCCCCCCCC(=O)c1ccc2c(c1)sc1c3ccc(CCCCC[C@@H](C)CC)cc3sc21. The van der Waals surface area contributed by atoms with E-state index in [0.29, 0.717) is 12.2 Å². The molecule has 0 unspecified atom stereocenters. The lowest BCUT2D eigenvalue weighted by molar-refractivity contribution is 0.0979. The average molecular weight is 521 g/mol. The number of ketones is 1. The van der Waals surface area contributed by atoms with Crippen LogP contribution in [0, 0.1) is 5.92 Å². The standard InChI is InChI=1S/C33H44OS2/c1-4-6-7-8-9-10-14-17-29(34)26-19-21-28-31(23-26)36-32-27-20-18-25(22-30(27)35-33(28)32)16-13-11-12-15-24(3)5-2/h18-24H,4-17H2,1-3H3/t24-/m0/s1. The molecule has 0 spiro atoms. The molecule has 0 fully saturated rings. The van der Waals surface area contributed by atoms with E-state index in [-0.39, 0.29) is 0 Å². The largest absolute Gasteiger partial charge is 0.294 e. The molecule has 2 aromatic carbocycles. The Hall–Kier alpha value is -1.71. The molecule has 1 nitrogen and oxygen atoms in total. The maximum absolute atomic E-state index is 12.8. The van der Waals surface area contributed by atoms with Gasteiger partial charge in [-0.2, -0.15) is 0 Å². The molecule has 3 heteroatoms. The summed E-state index contributed by atoms with van der Waals surface area (Å²) in [5, 5.41) is 2.70. The van der Waals surface area contributed by atoms with Crippen LogP contribution >= 0.6 is 22.7 Å². The highest BCUT2D eigenvalue weighted by molar-refractivity contribution is 7.36. The minimum atomic E-state index is 0.306. The Balaban J connectivity index is 1.37. The maximum Gasteiger partial charge on any atom is 0.162 e. The fraction of sp³-hybridized carbons (Fsp3) is 0.545. The molecule has 0 N–H and O–H groups in total. The van der Waals surface area contributed by atoms with E-state index in [9.17, 15) is 4.79 Å². The molecule has 2 heterocycles. The minimum absolute atomic E-state index is 0.306. The Morgan fingerprint density at radius 2 is 1.39 bits per heavy atom. The van der Waals surface area contributed by atoms with Crippen molar-refractivity contribution in [3.63, 3.8) is 0 Å². The van der Waals surface area contributed by atoms with Gasteiger partial charge >= 0.3 is 0 Å². The predicted molar refractivity (Wildman–Crippen MR) is 163 cm³/mol. The van der Waals surface area contributed by atoms with Crippen LogP contribution in [0.15, 0.2) is 36.4 Å². The van der Waals surface area contributed by atoms with Gasteiger partial charge in [0, 0.05) is 32.2 Å². The number of rotatable bonds is 16. The minimum Gasteiger partial charge on any atom is -0.294 e. The van der Waals surface area contributed by atoms with Crippen LogP contribution in [0.2, 0.25) is 0 Å². The first-order valence-corrected chi connectivity index (χ1v) is 16.1. The summed E-state index contributed by atoms with van der Waals surface area (Å²) in [7, 11) is 0. The Bertz CT molecular complexity index is 1260. The van der Waals surface area contributed by atoms with Gasteiger partial charge in [0.05, 0.1) is 9.40 Å². The third kappa shape index (κ3) is 6.98. The van der Waals surface area contributed by atoms with Crippen LogP contribution in [0.4, 0.5) is 0 Å². The molecule has 0 saturated carbocycles. The van der Waals surface area contributed by atoms with Crippen molar-refractivity contribution in [1.29, 1.82) is 0 Å². The van der Waals surface area contributed by atoms with E-state index < -0.39 is 0 Å². The summed E-state index contributed by atoms with van der Waals surface area (Å²) in [5.41, 5.74) is 2.37. The highest BCUT2D eigenvalue weighted by atomic mass is 32.1. The first-order chi connectivity index (χ1) is 17.6. The van der Waals surface area contributed by atoms with Gasteiger partial charge in [-0.3, -0.25) is 4.79 Å². The van der Waals surface area contributed by atoms with Gasteiger partial charge in [-0.25, -0.2) is 0 Å². The van der Waals surface area contributed by atoms with Gasteiger partial charge in [0.25, 0.3) is 0 Å². The van der Waals surface area contributed by atoms with Crippen LogP contribution in [0.1, 0.15) is 120 Å². The van der Waals surface area contributed by atoms with Crippen LogP contribution in [0.3, 0.4) is 0 Å². The Kier molecular flexibility index (Phi) is 10.4. The lowest BCUT2D eigenvalue weighted by atomic mass is 9.99. The number of carbonyl (C=O) groups is 1. The number of unbranched alkanes of at least 4 members (excludes halogenated alkanes) is 8. The molecule has 0 amide bonds. The van der Waals surface area contributed by atoms with Crippen LogP contribution in [0.25, 0.3) is 29.6 Å². The van der Waals surface area contributed by atoms with Gasteiger partial charge in [0.15, 0.2) is 5.78 Å². The smallest absolute Gasteiger partial charge is 0.162 e. The summed E-state index contributed by atoms with van der Waals surface area (Å²) in [4.78, 5) is 12.8. The van der Waals surface area contributed by atoms with E-state index in [0.717, 1.165) is 17.9 Å². The van der Waals surface area contributed by atoms with Crippen LogP contribution < -0.4 is 0 Å². The van der Waals surface area contributed by atoms with Gasteiger partial charge < -0.3 is 0 Å². The second kappa shape index (κ2) is 13.7. The first kappa shape index (κ1) is 27.3. The van der Waals surface area contributed by atoms with E-state index in [1.54, 1.807) is 0 Å². The molecular formula is C33H44OS2. The van der Waals surface area contributed by atoms with Gasteiger partial charge in [0.2, 0.25) is 0 Å². The molecule has 0 aliphatic rings. The molecule has 1 atom stereocenters. The summed E-state index contributed by atoms with van der Waals surface area (Å²) in [5.74, 6) is 1.18. The summed E-state index contributed by atoms with van der Waals surface area (Å²) in [6.07, 6.45) is 17.3. The zero-order valence-corrected chi connectivity index (χ0v) is 24.3. The number of hydrogen-bond acceptors (Lipinski definition) is 3. The van der Waals surface area contributed by atoms with Crippen LogP contribution in [0.5, 0.6) is 0 Å². The highest BCUT2D eigenvalue weighted by Gasteiger charge is 2.14. The fourth-order valence-corrected chi connectivity index (χ4v) is 7.98. The van der Waals surface area contributed by atoms with E-state index in [1.807, 2.05) is 22.7 Å². The molecule has 0 bridgehead atoms. The predicted octanol–water partition coefficient (Wildman–Crippen LogP) is 11.7. The van der Waals surface area contributed by atoms with Crippen LogP contribution in [-0.2, 0) is 6.42 Å². The summed E-state index contributed by atoms with van der Waals surface area (Å²) in [6.45, 7) is 6.92. The normalized spacial score (nSPS) is 12.8. The van der Waals surface area contributed by atoms with E-state index in [1.165, 1.54) is 112 Å². The number of hydrogen-bond donors (Lipinski definition) is 0. The average Bonchev–Trinajstić information content (AvgIpc) is 3.42. The van der Waals surface area contributed by atoms with Gasteiger partial charge in [-0.05, 0) is 42.9 Å². The fourth-order valence-electron chi connectivity index (χ4n) is 5.22. The van der Waals surface area contributed by atoms with Crippen molar-refractivity contribution < 1.29 is 4.79 Å². The summed E-state index contributed by atoms with van der Waals surface area (Å²) >= 11 is 3.79. The number of Topliss-reactive ketones (excluding diaryl/α,β-unsaturated/α-hetero) is 1. The molecule has 0 saturated heterocycles. The summed E-state index contributed by atoms with van der Waals surface area (Å²) < 4.78 is 5.45. The number of aryl methyl sites for hydroxylation is 1. The van der Waals surface area contributed by atoms with Crippen molar-refractivity contribution in [3.05, 3.63) is 47.5 Å². The number of fused-ring (bicyclic) bond motifs is 5. The maximum atomic E-state index is 12.8. The molecule has 36 heavy (non-hydrogen) atoms. The molecule has 4 aromatic rings. The van der Waals surface area contributed by atoms with Crippen molar-refractivity contribution in [1.82, 2.24) is 0 Å². The van der Waals surface area contributed by atoms with Crippen molar-refractivity contribution >= 4 is 58.0 Å². The number of benzene rings is 2. The second-order valence-corrected chi connectivity index (χ2v) is 12.9. The quantitative estimate of drug-likeness (QED) is 0.106. The molecule has 0 radical (unpaired) electrons. The topological polar surface area (TPSA) is 17.1 Å². The van der Waals surface area contributed by atoms with Crippen LogP contribution in [-0.4, -0.2) is 5.78 Å². The van der Waals surface area contributed by atoms with E-state index in [2.05, 4.69) is 57.2 Å². The lowest BCUT2D eigenvalue weighted by Crippen LogP contribution is -1.98. The number of carbonyl (C=O) groups excluding carboxylic acids is 1. The molecule has 2 aromatic heterocycles. The Labute approximate surface area is 226 Å². The Morgan fingerprint density at radius 1 is 0.750 bits per heavy atom. The van der Waals surface area contributed by atoms with Gasteiger partial charge in [-0.1, -0.05) is 109 Å². The third-order valence-corrected chi connectivity index (χ3v) is 10.3.